The van der Waals surface area contributed by atoms with E-state index in [4.69, 9.17) is 5.11 Å². The first kappa shape index (κ1) is 9.29. The fourth-order valence-electron chi connectivity index (χ4n) is 1.99. The van der Waals surface area contributed by atoms with Crippen LogP contribution < -0.4 is 5.32 Å². The highest BCUT2D eigenvalue weighted by Crippen LogP contribution is 2.15. The number of fused-ring (bicyclic) bond motifs is 3. The Kier molecular flexibility index (Phi) is 1.90. The van der Waals surface area contributed by atoms with Gasteiger partial charge in [-0.2, -0.15) is 0 Å². The molecule has 6 nitrogen and oxygen atoms in total. The molecule has 0 bridgehead atoms. The van der Waals surface area contributed by atoms with Crippen LogP contribution >= 0.6 is 0 Å². The van der Waals surface area contributed by atoms with E-state index in [1.165, 1.54) is 6.20 Å². The monoisotopic (exact) mass is 218 g/mol. The van der Waals surface area contributed by atoms with Crippen LogP contribution in [0.2, 0.25) is 0 Å². The van der Waals surface area contributed by atoms with Crippen LogP contribution in [0.3, 0.4) is 0 Å². The number of nitrogens with one attached hydrogen (secondary N) is 1. The first-order chi connectivity index (χ1) is 7.75. The van der Waals surface area contributed by atoms with E-state index in [2.05, 4.69) is 15.3 Å². The molecule has 2 aromatic rings. The average Bonchev–Trinajstić information content (AvgIpc) is 2.73. The Labute approximate surface area is 90.9 Å². The van der Waals surface area contributed by atoms with E-state index in [0.717, 1.165) is 30.8 Å². The maximum atomic E-state index is 10.8. The average molecular weight is 218 g/mol. The van der Waals surface area contributed by atoms with Crippen LogP contribution in [0.1, 0.15) is 21.7 Å². The number of carbonyl (C=O) groups is 1. The van der Waals surface area contributed by atoms with E-state index >= 15 is 0 Å². The molecule has 0 saturated heterocycles. The van der Waals surface area contributed by atoms with E-state index in [-0.39, 0.29) is 5.69 Å². The van der Waals surface area contributed by atoms with Crippen molar-refractivity contribution in [3.8, 4) is 0 Å². The zero-order valence-electron chi connectivity index (χ0n) is 8.47. The van der Waals surface area contributed by atoms with E-state index in [1.54, 1.807) is 10.6 Å². The van der Waals surface area contributed by atoms with Gasteiger partial charge in [0.25, 0.3) is 0 Å². The zero-order chi connectivity index (χ0) is 11.1. The normalized spacial score (nSPS) is 15.0. The number of imidazole rings is 1. The van der Waals surface area contributed by atoms with Crippen molar-refractivity contribution < 1.29 is 9.90 Å². The second kappa shape index (κ2) is 3.28. The van der Waals surface area contributed by atoms with Gasteiger partial charge >= 0.3 is 5.97 Å². The Morgan fingerprint density at radius 3 is 3.25 bits per heavy atom. The standard InChI is InChI=1S/C10H10N4O2/c15-9(16)7-5-14-8-1-2-11-3-6(8)4-12-10(14)13-7/h4-5,11H,1-3H2,(H,15,16). The highest BCUT2D eigenvalue weighted by atomic mass is 16.4. The minimum atomic E-state index is -1.02. The molecular formula is C10H10N4O2. The SMILES string of the molecule is O=C(O)c1cn2c3c(cnc2n1)CNCC3. The number of hydrogen-bond donors (Lipinski definition) is 2. The maximum absolute atomic E-state index is 10.8. The Bertz CT molecular complexity index is 575. The molecule has 2 N–H and O–H groups in total. The third-order valence-electron chi connectivity index (χ3n) is 2.76. The molecule has 1 aliphatic heterocycles. The Balaban J connectivity index is 2.26. The van der Waals surface area contributed by atoms with Crippen molar-refractivity contribution in [1.82, 2.24) is 19.7 Å². The third-order valence-corrected chi connectivity index (χ3v) is 2.76. The second-order valence-electron chi connectivity index (χ2n) is 3.76. The molecule has 82 valence electrons. The topological polar surface area (TPSA) is 79.5 Å². The predicted molar refractivity (Wildman–Crippen MR) is 55.4 cm³/mol. The number of nitrogens with zero attached hydrogens (tertiary/aromatic N) is 3. The summed E-state index contributed by atoms with van der Waals surface area (Å²) in [5.74, 6) is -0.564. The number of rotatable bonds is 1. The lowest BCUT2D eigenvalue weighted by molar-refractivity contribution is 0.0691. The van der Waals surface area contributed by atoms with Gasteiger partial charge in [0.15, 0.2) is 5.69 Å². The summed E-state index contributed by atoms with van der Waals surface area (Å²) in [6.45, 7) is 1.67. The molecule has 0 aromatic carbocycles. The van der Waals surface area contributed by atoms with Gasteiger partial charge in [-0.3, -0.25) is 4.40 Å². The lowest BCUT2D eigenvalue weighted by atomic mass is 10.1. The number of aromatic carboxylic acids is 1. The van der Waals surface area contributed by atoms with Gasteiger partial charge in [0.1, 0.15) is 0 Å². The summed E-state index contributed by atoms with van der Waals surface area (Å²) in [6, 6.07) is 0. The molecule has 3 rings (SSSR count). The summed E-state index contributed by atoms with van der Waals surface area (Å²) < 4.78 is 1.78. The minimum Gasteiger partial charge on any atom is -0.476 e. The fourth-order valence-corrected chi connectivity index (χ4v) is 1.99. The summed E-state index contributed by atoms with van der Waals surface area (Å²) >= 11 is 0. The molecule has 0 fully saturated rings. The molecule has 6 heteroatoms. The molecule has 2 aromatic heterocycles. The van der Waals surface area contributed by atoms with Gasteiger partial charge in [0, 0.05) is 43.2 Å². The highest BCUT2D eigenvalue weighted by molar-refractivity contribution is 5.85. The van der Waals surface area contributed by atoms with Crippen LogP contribution in [0.15, 0.2) is 12.4 Å². The Morgan fingerprint density at radius 1 is 1.56 bits per heavy atom. The van der Waals surface area contributed by atoms with Crippen LogP contribution in [-0.4, -0.2) is 32.0 Å². The highest BCUT2D eigenvalue weighted by Gasteiger charge is 2.16. The number of carboxylic acids is 1. The quantitative estimate of drug-likeness (QED) is 0.708. The second-order valence-corrected chi connectivity index (χ2v) is 3.76. The van der Waals surface area contributed by atoms with Gasteiger partial charge in [-0.25, -0.2) is 14.8 Å². The first-order valence-electron chi connectivity index (χ1n) is 5.05. The van der Waals surface area contributed by atoms with E-state index < -0.39 is 5.97 Å². The van der Waals surface area contributed by atoms with Gasteiger partial charge in [-0.15, -0.1) is 0 Å². The Hall–Kier alpha value is -1.95. The molecule has 0 aliphatic carbocycles. The predicted octanol–water partition coefficient (Wildman–Crippen LogP) is 0.0732. The van der Waals surface area contributed by atoms with Gasteiger partial charge < -0.3 is 10.4 Å². The van der Waals surface area contributed by atoms with Crippen molar-refractivity contribution in [1.29, 1.82) is 0 Å². The lowest BCUT2D eigenvalue weighted by Crippen LogP contribution is -2.25. The molecule has 1 aliphatic rings. The summed E-state index contributed by atoms with van der Waals surface area (Å²) in [6.07, 6.45) is 4.16. The minimum absolute atomic E-state index is 0.0411. The Morgan fingerprint density at radius 2 is 2.44 bits per heavy atom. The van der Waals surface area contributed by atoms with Crippen LogP contribution in [-0.2, 0) is 13.0 Å². The number of carboxylic acid groups (broad SMARTS) is 1. The summed E-state index contributed by atoms with van der Waals surface area (Å²) in [4.78, 5) is 18.9. The molecule has 0 saturated carbocycles. The van der Waals surface area contributed by atoms with Gasteiger partial charge in [-0.05, 0) is 0 Å². The van der Waals surface area contributed by atoms with Crippen LogP contribution in [0, 0.1) is 0 Å². The largest absolute Gasteiger partial charge is 0.476 e. The number of hydrogen-bond acceptors (Lipinski definition) is 4. The third kappa shape index (κ3) is 1.27. The van der Waals surface area contributed by atoms with Crippen LogP contribution in [0.4, 0.5) is 0 Å². The molecule has 0 spiro atoms. The van der Waals surface area contributed by atoms with Crippen molar-refractivity contribution in [3.05, 3.63) is 29.3 Å². The van der Waals surface area contributed by atoms with Crippen LogP contribution in [0.25, 0.3) is 5.78 Å². The summed E-state index contributed by atoms with van der Waals surface area (Å²) in [5.41, 5.74) is 2.25. The van der Waals surface area contributed by atoms with Gasteiger partial charge in [-0.1, -0.05) is 0 Å². The van der Waals surface area contributed by atoms with Crippen molar-refractivity contribution >= 4 is 11.7 Å². The van der Waals surface area contributed by atoms with Crippen molar-refractivity contribution in [2.24, 2.45) is 0 Å². The molecule has 16 heavy (non-hydrogen) atoms. The van der Waals surface area contributed by atoms with E-state index in [9.17, 15) is 4.79 Å². The zero-order valence-corrected chi connectivity index (χ0v) is 8.47. The molecule has 3 heterocycles. The molecule has 0 amide bonds. The van der Waals surface area contributed by atoms with Crippen molar-refractivity contribution in [3.63, 3.8) is 0 Å². The van der Waals surface area contributed by atoms with E-state index in [0.29, 0.717) is 5.78 Å². The summed E-state index contributed by atoms with van der Waals surface area (Å²) in [5, 5.41) is 12.1. The van der Waals surface area contributed by atoms with E-state index in [1.807, 2.05) is 0 Å². The van der Waals surface area contributed by atoms with Crippen molar-refractivity contribution in [2.75, 3.05) is 6.54 Å². The molecular weight excluding hydrogens is 208 g/mol. The summed E-state index contributed by atoms with van der Waals surface area (Å²) in [7, 11) is 0. The first-order valence-corrected chi connectivity index (χ1v) is 5.05. The molecule has 0 radical (unpaired) electrons. The van der Waals surface area contributed by atoms with Crippen LogP contribution in [0.5, 0.6) is 0 Å². The molecule has 0 atom stereocenters. The number of aromatic nitrogens is 3. The van der Waals surface area contributed by atoms with Crippen molar-refractivity contribution in [2.45, 2.75) is 13.0 Å². The van der Waals surface area contributed by atoms with Gasteiger partial charge in [0.2, 0.25) is 5.78 Å². The fraction of sp³-hybridized carbons (Fsp3) is 0.300. The smallest absolute Gasteiger partial charge is 0.356 e. The van der Waals surface area contributed by atoms with Gasteiger partial charge in [0.05, 0.1) is 0 Å². The maximum Gasteiger partial charge on any atom is 0.356 e. The molecule has 0 unspecified atom stereocenters. The lowest BCUT2D eigenvalue weighted by Gasteiger charge is -2.17.